The molecule has 1 saturated heterocycles. The standard InChI is InChI=1S/C12H23BrN2/c1-11(2)9-15(7-6-14(11)3)10-12(8-13)4-5-12/h4-10H2,1-3H3. The van der Waals surface area contributed by atoms with E-state index >= 15 is 0 Å². The zero-order chi connectivity index (χ0) is 11.1. The van der Waals surface area contributed by atoms with Crippen LogP contribution in [0.4, 0.5) is 0 Å². The molecule has 88 valence electrons. The summed E-state index contributed by atoms with van der Waals surface area (Å²) >= 11 is 3.66. The van der Waals surface area contributed by atoms with Crippen LogP contribution < -0.4 is 0 Å². The average Bonchev–Trinajstić information content (AvgIpc) is 2.92. The van der Waals surface area contributed by atoms with Gasteiger partial charge in [0.15, 0.2) is 0 Å². The summed E-state index contributed by atoms with van der Waals surface area (Å²) in [4.78, 5) is 5.14. The number of hydrogen-bond donors (Lipinski definition) is 0. The van der Waals surface area contributed by atoms with Crippen LogP contribution in [0.1, 0.15) is 26.7 Å². The van der Waals surface area contributed by atoms with E-state index < -0.39 is 0 Å². The molecule has 2 nitrogen and oxygen atoms in total. The summed E-state index contributed by atoms with van der Waals surface area (Å²) in [6.45, 7) is 9.69. The fraction of sp³-hybridized carbons (Fsp3) is 1.00. The number of likely N-dealkylation sites (N-methyl/N-ethyl adjacent to an activating group) is 1. The van der Waals surface area contributed by atoms with Gasteiger partial charge >= 0.3 is 0 Å². The van der Waals surface area contributed by atoms with E-state index in [0.717, 1.165) is 0 Å². The predicted molar refractivity (Wildman–Crippen MR) is 68.6 cm³/mol. The summed E-state index contributed by atoms with van der Waals surface area (Å²) in [6.07, 6.45) is 2.84. The Labute approximate surface area is 102 Å². The summed E-state index contributed by atoms with van der Waals surface area (Å²) in [5.41, 5.74) is 0.979. The third-order valence-corrected chi connectivity index (χ3v) is 5.38. The summed E-state index contributed by atoms with van der Waals surface area (Å²) in [6, 6.07) is 0. The van der Waals surface area contributed by atoms with Gasteiger partial charge in [-0.3, -0.25) is 9.80 Å². The Bertz CT molecular complexity index is 234. The highest BCUT2D eigenvalue weighted by Crippen LogP contribution is 2.47. The van der Waals surface area contributed by atoms with Gasteiger partial charge in [0, 0.05) is 37.0 Å². The molecule has 1 aliphatic heterocycles. The highest BCUT2D eigenvalue weighted by atomic mass is 79.9. The van der Waals surface area contributed by atoms with Crippen molar-refractivity contribution < 1.29 is 0 Å². The summed E-state index contributed by atoms with van der Waals surface area (Å²) in [5, 5.41) is 1.19. The van der Waals surface area contributed by atoms with Crippen LogP contribution in [0.3, 0.4) is 0 Å². The third kappa shape index (κ3) is 2.56. The normalized spacial score (nSPS) is 30.4. The van der Waals surface area contributed by atoms with Crippen molar-refractivity contribution in [3.8, 4) is 0 Å². The molecule has 1 heterocycles. The first kappa shape index (κ1) is 11.9. The molecule has 0 bridgehead atoms. The maximum absolute atomic E-state index is 3.66. The molecule has 0 unspecified atom stereocenters. The molecule has 0 aromatic rings. The van der Waals surface area contributed by atoms with E-state index in [9.17, 15) is 0 Å². The molecule has 2 fully saturated rings. The molecule has 1 saturated carbocycles. The van der Waals surface area contributed by atoms with Crippen LogP contribution in [0.5, 0.6) is 0 Å². The van der Waals surface area contributed by atoms with Crippen molar-refractivity contribution in [2.45, 2.75) is 32.2 Å². The van der Waals surface area contributed by atoms with Crippen molar-refractivity contribution >= 4 is 15.9 Å². The highest BCUT2D eigenvalue weighted by Gasteiger charge is 2.44. The van der Waals surface area contributed by atoms with Gasteiger partial charge in [-0.1, -0.05) is 15.9 Å². The Morgan fingerprint density at radius 1 is 1.20 bits per heavy atom. The smallest absolute Gasteiger partial charge is 0.0277 e. The van der Waals surface area contributed by atoms with Crippen molar-refractivity contribution in [3.63, 3.8) is 0 Å². The van der Waals surface area contributed by atoms with E-state index in [1.165, 1.54) is 44.4 Å². The molecule has 0 spiro atoms. The topological polar surface area (TPSA) is 6.48 Å². The molecule has 0 aromatic carbocycles. The Hall–Kier alpha value is 0.400. The van der Waals surface area contributed by atoms with Gasteiger partial charge in [0.05, 0.1) is 0 Å². The SMILES string of the molecule is CN1CCN(CC2(CBr)CC2)CC1(C)C. The van der Waals surface area contributed by atoms with Crippen LogP contribution >= 0.6 is 15.9 Å². The molecule has 0 N–H and O–H groups in total. The lowest BCUT2D eigenvalue weighted by Gasteiger charge is -2.46. The maximum Gasteiger partial charge on any atom is 0.0277 e. The minimum Gasteiger partial charge on any atom is -0.300 e. The van der Waals surface area contributed by atoms with Gasteiger partial charge in [-0.2, -0.15) is 0 Å². The van der Waals surface area contributed by atoms with E-state index in [0.29, 0.717) is 11.0 Å². The van der Waals surface area contributed by atoms with Gasteiger partial charge in [0.2, 0.25) is 0 Å². The van der Waals surface area contributed by atoms with Crippen LogP contribution in [0.15, 0.2) is 0 Å². The first-order valence-corrected chi connectivity index (χ1v) is 7.09. The molecule has 2 aliphatic rings. The van der Waals surface area contributed by atoms with Crippen molar-refractivity contribution in [1.29, 1.82) is 0 Å². The first-order valence-electron chi connectivity index (χ1n) is 5.97. The zero-order valence-electron chi connectivity index (χ0n) is 10.2. The van der Waals surface area contributed by atoms with E-state index in [1.807, 2.05) is 0 Å². The van der Waals surface area contributed by atoms with E-state index in [4.69, 9.17) is 0 Å². The number of piperazine rings is 1. The Morgan fingerprint density at radius 3 is 2.33 bits per heavy atom. The molecular weight excluding hydrogens is 252 g/mol. The molecular formula is C12H23BrN2. The van der Waals surface area contributed by atoms with E-state index in [1.54, 1.807) is 0 Å². The number of hydrogen-bond acceptors (Lipinski definition) is 2. The zero-order valence-corrected chi connectivity index (χ0v) is 11.8. The third-order valence-electron chi connectivity index (χ3n) is 4.20. The highest BCUT2D eigenvalue weighted by molar-refractivity contribution is 9.09. The number of nitrogens with zero attached hydrogens (tertiary/aromatic N) is 2. The lowest BCUT2D eigenvalue weighted by atomic mass is 9.98. The van der Waals surface area contributed by atoms with Crippen LogP contribution in [-0.2, 0) is 0 Å². The van der Waals surface area contributed by atoms with Gasteiger partial charge in [-0.05, 0) is 39.2 Å². The van der Waals surface area contributed by atoms with Crippen molar-refractivity contribution in [2.75, 3.05) is 38.6 Å². The second-order valence-electron chi connectivity index (χ2n) is 6.08. The monoisotopic (exact) mass is 274 g/mol. The molecule has 2 rings (SSSR count). The Kier molecular flexibility index (Phi) is 3.17. The van der Waals surface area contributed by atoms with Gasteiger partial charge in [0.1, 0.15) is 0 Å². The van der Waals surface area contributed by atoms with Crippen LogP contribution in [-0.4, -0.2) is 53.9 Å². The lowest BCUT2D eigenvalue weighted by molar-refractivity contribution is 0.0316. The van der Waals surface area contributed by atoms with Crippen LogP contribution in [0.25, 0.3) is 0 Å². The van der Waals surface area contributed by atoms with Crippen LogP contribution in [0.2, 0.25) is 0 Å². The Morgan fingerprint density at radius 2 is 1.87 bits per heavy atom. The molecule has 0 amide bonds. The minimum absolute atomic E-state index is 0.348. The van der Waals surface area contributed by atoms with Crippen molar-refractivity contribution in [3.05, 3.63) is 0 Å². The van der Waals surface area contributed by atoms with Gasteiger partial charge in [-0.25, -0.2) is 0 Å². The minimum atomic E-state index is 0.348. The molecule has 0 radical (unpaired) electrons. The van der Waals surface area contributed by atoms with Gasteiger partial charge in [0.25, 0.3) is 0 Å². The average molecular weight is 275 g/mol. The van der Waals surface area contributed by atoms with E-state index in [-0.39, 0.29) is 0 Å². The molecule has 15 heavy (non-hydrogen) atoms. The maximum atomic E-state index is 3.66. The quantitative estimate of drug-likeness (QED) is 0.728. The largest absolute Gasteiger partial charge is 0.300 e. The summed E-state index contributed by atoms with van der Waals surface area (Å²) < 4.78 is 0. The van der Waals surface area contributed by atoms with Gasteiger partial charge < -0.3 is 0 Å². The molecule has 0 aromatic heterocycles. The van der Waals surface area contributed by atoms with Gasteiger partial charge in [-0.15, -0.1) is 0 Å². The Balaban J connectivity index is 1.90. The summed E-state index contributed by atoms with van der Waals surface area (Å²) in [7, 11) is 2.24. The molecule has 1 aliphatic carbocycles. The molecule has 0 atom stereocenters. The predicted octanol–water partition coefficient (Wildman–Crippen LogP) is 2.19. The lowest BCUT2D eigenvalue weighted by Crippen LogP contribution is -2.58. The molecule has 3 heteroatoms. The number of rotatable bonds is 3. The van der Waals surface area contributed by atoms with E-state index in [2.05, 4.69) is 46.6 Å². The number of halogens is 1. The van der Waals surface area contributed by atoms with Crippen molar-refractivity contribution in [2.24, 2.45) is 5.41 Å². The second kappa shape index (κ2) is 4.01. The number of alkyl halides is 1. The fourth-order valence-electron chi connectivity index (χ4n) is 2.46. The van der Waals surface area contributed by atoms with Crippen molar-refractivity contribution in [1.82, 2.24) is 9.80 Å². The second-order valence-corrected chi connectivity index (χ2v) is 6.64. The first-order chi connectivity index (χ1) is 6.97. The van der Waals surface area contributed by atoms with Crippen LogP contribution in [0, 0.1) is 5.41 Å². The summed E-state index contributed by atoms with van der Waals surface area (Å²) in [5.74, 6) is 0. The fourth-order valence-corrected chi connectivity index (χ4v) is 3.20.